The van der Waals surface area contributed by atoms with Crippen molar-refractivity contribution in [1.82, 2.24) is 15.6 Å². The van der Waals surface area contributed by atoms with Crippen LogP contribution in [0.15, 0.2) is 29.6 Å². The molecule has 2 N–H and O–H groups in total. The van der Waals surface area contributed by atoms with Crippen molar-refractivity contribution in [3.8, 4) is 5.75 Å². The molecule has 0 radical (unpaired) electrons. The summed E-state index contributed by atoms with van der Waals surface area (Å²) in [5, 5.41) is 8.07. The van der Waals surface area contributed by atoms with Crippen molar-refractivity contribution in [3.05, 3.63) is 45.9 Å². The van der Waals surface area contributed by atoms with Crippen LogP contribution in [0.5, 0.6) is 5.75 Å². The highest BCUT2D eigenvalue weighted by atomic mass is 32.1. The summed E-state index contributed by atoms with van der Waals surface area (Å²) < 4.78 is 5.40. The Hall–Kier alpha value is -2.41. The van der Waals surface area contributed by atoms with E-state index in [4.69, 9.17) is 4.74 Å². The second-order valence-electron chi connectivity index (χ2n) is 4.77. The number of carbonyl (C=O) groups excluding carboxylic acids is 2. The number of rotatable bonds is 7. The maximum Gasteiger partial charge on any atom is 0.255 e. The van der Waals surface area contributed by atoms with Crippen LogP contribution in [0.2, 0.25) is 0 Å². The van der Waals surface area contributed by atoms with Crippen LogP contribution in [0.3, 0.4) is 0 Å². The number of para-hydroxylation sites is 1. The molecular formula is C16H19N3O3S. The fourth-order valence-corrected chi connectivity index (χ4v) is 2.62. The minimum absolute atomic E-state index is 0.0936. The number of hydrogen-bond acceptors (Lipinski definition) is 5. The van der Waals surface area contributed by atoms with Crippen molar-refractivity contribution in [2.45, 2.75) is 20.4 Å². The zero-order valence-corrected chi connectivity index (χ0v) is 13.9. The van der Waals surface area contributed by atoms with Gasteiger partial charge in [0.15, 0.2) is 0 Å². The summed E-state index contributed by atoms with van der Waals surface area (Å²) in [5.74, 6) is -0.0967. The zero-order chi connectivity index (χ0) is 16.7. The summed E-state index contributed by atoms with van der Waals surface area (Å²) in [6.07, 6.45) is 0. The van der Waals surface area contributed by atoms with Crippen LogP contribution < -0.4 is 15.4 Å². The molecule has 0 aliphatic heterocycles. The third-order valence-corrected chi connectivity index (χ3v) is 3.91. The molecule has 0 fully saturated rings. The van der Waals surface area contributed by atoms with E-state index < -0.39 is 0 Å². The van der Waals surface area contributed by atoms with E-state index >= 15 is 0 Å². The molecule has 0 spiro atoms. The van der Waals surface area contributed by atoms with Crippen LogP contribution >= 0.6 is 11.3 Å². The van der Waals surface area contributed by atoms with Gasteiger partial charge in [-0.3, -0.25) is 9.59 Å². The molecule has 2 aromatic rings. The number of hydrogen-bond donors (Lipinski definition) is 2. The van der Waals surface area contributed by atoms with Gasteiger partial charge in [-0.15, -0.1) is 11.3 Å². The minimum atomic E-state index is -0.339. The van der Waals surface area contributed by atoms with Gasteiger partial charge in [-0.05, 0) is 26.0 Å². The van der Waals surface area contributed by atoms with Crippen LogP contribution in [-0.2, 0) is 11.3 Å². The minimum Gasteiger partial charge on any atom is -0.493 e. The Labute approximate surface area is 138 Å². The largest absolute Gasteiger partial charge is 0.493 e. The maximum absolute atomic E-state index is 12.1. The topological polar surface area (TPSA) is 80.3 Å². The first kappa shape index (κ1) is 17.0. The molecule has 2 rings (SSSR count). The van der Waals surface area contributed by atoms with Gasteiger partial charge >= 0.3 is 0 Å². The molecule has 1 aromatic carbocycles. The molecule has 1 heterocycles. The van der Waals surface area contributed by atoms with Crippen molar-refractivity contribution in [1.29, 1.82) is 0 Å². The van der Waals surface area contributed by atoms with E-state index in [-0.39, 0.29) is 18.4 Å². The maximum atomic E-state index is 12.1. The third kappa shape index (κ3) is 5.07. The van der Waals surface area contributed by atoms with Crippen molar-refractivity contribution >= 4 is 23.2 Å². The highest BCUT2D eigenvalue weighted by molar-refractivity contribution is 7.09. The molecule has 7 heteroatoms. The second-order valence-corrected chi connectivity index (χ2v) is 5.71. The SMILES string of the molecule is CCOc1ccccc1C(=O)NCC(=O)NCc1nc(C)cs1. The molecule has 0 atom stereocenters. The van der Waals surface area contributed by atoms with Gasteiger partial charge in [0.25, 0.3) is 5.91 Å². The van der Waals surface area contributed by atoms with Gasteiger partial charge in [0.2, 0.25) is 5.91 Å². The Morgan fingerprint density at radius 2 is 2.04 bits per heavy atom. The fraction of sp³-hybridized carbons (Fsp3) is 0.312. The lowest BCUT2D eigenvalue weighted by atomic mass is 10.2. The lowest BCUT2D eigenvalue weighted by molar-refractivity contribution is -0.120. The number of aryl methyl sites for hydroxylation is 1. The number of nitrogens with zero attached hydrogens (tertiary/aromatic N) is 1. The quantitative estimate of drug-likeness (QED) is 0.811. The summed E-state index contributed by atoms with van der Waals surface area (Å²) in [6.45, 7) is 4.49. The Morgan fingerprint density at radius 3 is 2.74 bits per heavy atom. The molecule has 0 aliphatic carbocycles. The van der Waals surface area contributed by atoms with Gasteiger partial charge in [0, 0.05) is 11.1 Å². The third-order valence-electron chi connectivity index (χ3n) is 2.94. The smallest absolute Gasteiger partial charge is 0.255 e. The molecule has 23 heavy (non-hydrogen) atoms. The molecule has 0 saturated heterocycles. The second kappa shape index (κ2) is 8.28. The first-order valence-electron chi connectivity index (χ1n) is 7.28. The van der Waals surface area contributed by atoms with E-state index in [0.717, 1.165) is 10.7 Å². The van der Waals surface area contributed by atoms with Crippen LogP contribution in [0.25, 0.3) is 0 Å². The van der Waals surface area contributed by atoms with E-state index in [1.54, 1.807) is 24.3 Å². The van der Waals surface area contributed by atoms with Crippen molar-refractivity contribution < 1.29 is 14.3 Å². The van der Waals surface area contributed by atoms with Gasteiger partial charge in [0.05, 0.1) is 25.3 Å². The molecule has 0 saturated carbocycles. The highest BCUT2D eigenvalue weighted by Gasteiger charge is 2.13. The van der Waals surface area contributed by atoms with E-state index in [0.29, 0.717) is 24.5 Å². The predicted molar refractivity (Wildman–Crippen MR) is 88.6 cm³/mol. The number of amides is 2. The Morgan fingerprint density at radius 1 is 1.26 bits per heavy atom. The normalized spacial score (nSPS) is 10.2. The van der Waals surface area contributed by atoms with Gasteiger partial charge < -0.3 is 15.4 Å². The van der Waals surface area contributed by atoms with Crippen LogP contribution in [0.4, 0.5) is 0 Å². The average molecular weight is 333 g/mol. The first-order valence-corrected chi connectivity index (χ1v) is 8.16. The molecule has 0 unspecified atom stereocenters. The Kier molecular flexibility index (Phi) is 6.10. The summed E-state index contributed by atoms with van der Waals surface area (Å²) in [6, 6.07) is 6.94. The van der Waals surface area contributed by atoms with Gasteiger partial charge in [-0.25, -0.2) is 4.98 Å². The lowest BCUT2D eigenvalue weighted by Crippen LogP contribution is -2.36. The monoisotopic (exact) mass is 333 g/mol. The number of benzene rings is 1. The van der Waals surface area contributed by atoms with Crippen LogP contribution in [0.1, 0.15) is 28.0 Å². The van der Waals surface area contributed by atoms with Gasteiger partial charge in [-0.1, -0.05) is 12.1 Å². The average Bonchev–Trinajstić information content (AvgIpc) is 2.97. The van der Waals surface area contributed by atoms with Gasteiger partial charge in [0.1, 0.15) is 10.8 Å². The first-order chi connectivity index (χ1) is 11.1. The lowest BCUT2D eigenvalue weighted by Gasteiger charge is -2.10. The number of nitrogens with one attached hydrogen (secondary N) is 2. The number of carbonyl (C=O) groups is 2. The summed E-state index contributed by atoms with van der Waals surface area (Å²) >= 11 is 1.49. The zero-order valence-electron chi connectivity index (χ0n) is 13.1. The standard InChI is InChI=1S/C16H19N3O3S/c1-3-22-13-7-5-4-6-12(13)16(21)18-8-14(20)17-9-15-19-11(2)10-23-15/h4-7,10H,3,8-9H2,1-2H3,(H,17,20)(H,18,21). The molecule has 6 nitrogen and oxygen atoms in total. The molecule has 0 aliphatic rings. The van der Waals surface area contributed by atoms with Crippen molar-refractivity contribution in [2.75, 3.05) is 13.2 Å². The predicted octanol–water partition coefficient (Wildman–Crippen LogP) is 1.90. The molecule has 0 bridgehead atoms. The summed E-state index contributed by atoms with van der Waals surface area (Å²) in [5.41, 5.74) is 1.35. The highest BCUT2D eigenvalue weighted by Crippen LogP contribution is 2.17. The van der Waals surface area contributed by atoms with E-state index in [2.05, 4.69) is 15.6 Å². The van der Waals surface area contributed by atoms with Gasteiger partial charge in [-0.2, -0.15) is 0 Å². The Balaban J connectivity index is 1.83. The number of thiazole rings is 1. The van der Waals surface area contributed by atoms with E-state index in [9.17, 15) is 9.59 Å². The Bertz CT molecular complexity index is 685. The van der Waals surface area contributed by atoms with E-state index in [1.165, 1.54) is 11.3 Å². The van der Waals surface area contributed by atoms with E-state index in [1.807, 2.05) is 19.2 Å². The fourth-order valence-electron chi connectivity index (χ4n) is 1.91. The number of ether oxygens (including phenoxy) is 1. The number of aromatic nitrogens is 1. The summed E-state index contributed by atoms with van der Waals surface area (Å²) in [7, 11) is 0. The van der Waals surface area contributed by atoms with Crippen molar-refractivity contribution in [2.24, 2.45) is 0 Å². The van der Waals surface area contributed by atoms with Crippen LogP contribution in [0, 0.1) is 6.92 Å². The molecule has 122 valence electrons. The van der Waals surface area contributed by atoms with Crippen molar-refractivity contribution in [3.63, 3.8) is 0 Å². The summed E-state index contributed by atoms with van der Waals surface area (Å²) in [4.78, 5) is 28.2. The molecule has 1 aromatic heterocycles. The molecule has 2 amide bonds. The molecular weight excluding hydrogens is 314 g/mol. The van der Waals surface area contributed by atoms with Crippen LogP contribution in [-0.4, -0.2) is 29.9 Å².